The van der Waals surface area contributed by atoms with Crippen molar-refractivity contribution in [1.29, 1.82) is 0 Å². The molecule has 1 heterocycles. The van der Waals surface area contributed by atoms with Crippen LogP contribution in [0.15, 0.2) is 24.3 Å². The summed E-state index contributed by atoms with van der Waals surface area (Å²) in [5.74, 6) is 1.46. The fraction of sp³-hybridized carbons (Fsp3) is 0.429. The lowest BCUT2D eigenvalue weighted by atomic mass is 9.94. The highest BCUT2D eigenvalue weighted by atomic mass is 16.5. The summed E-state index contributed by atoms with van der Waals surface area (Å²) < 4.78 is 6.00. The van der Waals surface area contributed by atoms with E-state index in [4.69, 9.17) is 9.84 Å². The lowest BCUT2D eigenvalue weighted by Crippen LogP contribution is -2.12. The Bertz CT molecular complexity index is 448. The molecule has 2 nitrogen and oxygen atoms in total. The highest BCUT2D eigenvalue weighted by Gasteiger charge is 2.36. The third-order valence-electron chi connectivity index (χ3n) is 3.46. The predicted molar refractivity (Wildman–Crippen MR) is 62.9 cm³/mol. The molecule has 1 aliphatic carbocycles. The van der Waals surface area contributed by atoms with Gasteiger partial charge in [0.25, 0.3) is 0 Å². The highest BCUT2D eigenvalue weighted by Crippen LogP contribution is 2.45. The second-order valence-electron chi connectivity index (χ2n) is 4.66. The molecule has 0 amide bonds. The van der Waals surface area contributed by atoms with E-state index in [1.807, 2.05) is 0 Å². The monoisotopic (exact) mass is 216 g/mol. The SMILES string of the molecule is Cc1cc(CCO)c2c(c1)[C@H]1C=CC[C@H]1O2. The second-order valence-corrected chi connectivity index (χ2v) is 4.66. The van der Waals surface area contributed by atoms with Crippen LogP contribution in [0.5, 0.6) is 5.75 Å². The van der Waals surface area contributed by atoms with E-state index < -0.39 is 0 Å². The van der Waals surface area contributed by atoms with Crippen molar-refractivity contribution >= 4 is 0 Å². The molecule has 0 spiro atoms. The first-order chi connectivity index (χ1) is 7.79. The molecule has 2 atom stereocenters. The van der Waals surface area contributed by atoms with Gasteiger partial charge in [-0.25, -0.2) is 0 Å². The number of aliphatic hydroxyl groups excluding tert-OH is 1. The fourth-order valence-electron chi connectivity index (χ4n) is 2.78. The van der Waals surface area contributed by atoms with Gasteiger partial charge in [0.15, 0.2) is 0 Å². The Labute approximate surface area is 95.6 Å². The van der Waals surface area contributed by atoms with Gasteiger partial charge in [0.05, 0.1) is 0 Å². The normalized spacial score (nSPS) is 25.4. The number of fused-ring (bicyclic) bond motifs is 3. The fourth-order valence-corrected chi connectivity index (χ4v) is 2.78. The standard InChI is InChI=1S/C14H16O2/c1-9-7-10(5-6-15)14-12(8-9)11-3-2-4-13(11)16-14/h2-3,7-8,11,13,15H,4-6H2,1H3/t11-,13-/m1/s1. The molecule has 0 aromatic heterocycles. The summed E-state index contributed by atoms with van der Waals surface area (Å²) in [7, 11) is 0. The smallest absolute Gasteiger partial charge is 0.127 e. The number of aliphatic hydroxyl groups is 1. The molecule has 16 heavy (non-hydrogen) atoms. The van der Waals surface area contributed by atoms with Crippen molar-refractivity contribution in [3.63, 3.8) is 0 Å². The number of benzene rings is 1. The van der Waals surface area contributed by atoms with E-state index in [1.54, 1.807) is 0 Å². The average Bonchev–Trinajstić information content (AvgIpc) is 2.79. The van der Waals surface area contributed by atoms with Gasteiger partial charge in [-0.1, -0.05) is 29.8 Å². The first-order valence-corrected chi connectivity index (χ1v) is 5.87. The van der Waals surface area contributed by atoms with Gasteiger partial charge in [0, 0.05) is 24.5 Å². The van der Waals surface area contributed by atoms with Crippen LogP contribution in [0.25, 0.3) is 0 Å². The summed E-state index contributed by atoms with van der Waals surface area (Å²) in [6, 6.07) is 4.34. The van der Waals surface area contributed by atoms with Crippen molar-refractivity contribution in [2.24, 2.45) is 0 Å². The van der Waals surface area contributed by atoms with Crippen molar-refractivity contribution in [3.05, 3.63) is 41.0 Å². The minimum atomic E-state index is 0.185. The zero-order chi connectivity index (χ0) is 11.1. The third kappa shape index (κ3) is 1.37. The van der Waals surface area contributed by atoms with Gasteiger partial charge in [0.2, 0.25) is 0 Å². The van der Waals surface area contributed by atoms with Gasteiger partial charge in [-0.2, -0.15) is 0 Å². The van der Waals surface area contributed by atoms with E-state index in [9.17, 15) is 0 Å². The molecule has 0 fully saturated rings. The van der Waals surface area contributed by atoms with Crippen LogP contribution in [-0.4, -0.2) is 17.8 Å². The molecular formula is C14H16O2. The van der Waals surface area contributed by atoms with E-state index in [1.165, 1.54) is 11.1 Å². The molecular weight excluding hydrogens is 200 g/mol. The Morgan fingerprint density at radius 2 is 2.31 bits per heavy atom. The van der Waals surface area contributed by atoms with E-state index in [0.29, 0.717) is 18.4 Å². The summed E-state index contributed by atoms with van der Waals surface area (Å²) in [5.41, 5.74) is 3.72. The van der Waals surface area contributed by atoms with Crippen LogP contribution in [0, 0.1) is 6.92 Å². The first-order valence-electron chi connectivity index (χ1n) is 5.87. The molecule has 2 heteroatoms. The van der Waals surface area contributed by atoms with Crippen molar-refractivity contribution in [3.8, 4) is 5.75 Å². The molecule has 84 valence electrons. The maximum atomic E-state index is 9.08. The van der Waals surface area contributed by atoms with Crippen LogP contribution in [0.4, 0.5) is 0 Å². The molecule has 0 unspecified atom stereocenters. The molecule has 0 saturated heterocycles. The average molecular weight is 216 g/mol. The van der Waals surface area contributed by atoms with Gasteiger partial charge in [-0.3, -0.25) is 0 Å². The second kappa shape index (κ2) is 3.63. The Kier molecular flexibility index (Phi) is 2.25. The zero-order valence-corrected chi connectivity index (χ0v) is 9.44. The highest BCUT2D eigenvalue weighted by molar-refractivity contribution is 5.52. The topological polar surface area (TPSA) is 29.5 Å². The van der Waals surface area contributed by atoms with Gasteiger partial charge in [-0.15, -0.1) is 0 Å². The summed E-state index contributed by atoms with van der Waals surface area (Å²) in [6.07, 6.45) is 6.45. The number of rotatable bonds is 2. The molecule has 3 rings (SSSR count). The van der Waals surface area contributed by atoms with Gasteiger partial charge >= 0.3 is 0 Å². The minimum absolute atomic E-state index is 0.185. The Morgan fingerprint density at radius 1 is 1.44 bits per heavy atom. The van der Waals surface area contributed by atoms with E-state index >= 15 is 0 Å². The van der Waals surface area contributed by atoms with Crippen LogP contribution in [0.2, 0.25) is 0 Å². The number of aryl methyl sites for hydroxylation is 1. The minimum Gasteiger partial charge on any atom is -0.489 e. The van der Waals surface area contributed by atoms with Gasteiger partial charge in [0.1, 0.15) is 11.9 Å². The number of ether oxygens (including phenoxy) is 1. The Hall–Kier alpha value is -1.28. The first kappa shape index (κ1) is 9.91. The molecule has 0 radical (unpaired) electrons. The molecule has 0 saturated carbocycles. The van der Waals surface area contributed by atoms with Crippen molar-refractivity contribution in [1.82, 2.24) is 0 Å². The van der Waals surface area contributed by atoms with Crippen LogP contribution >= 0.6 is 0 Å². The number of hydrogen-bond acceptors (Lipinski definition) is 2. The number of hydrogen-bond donors (Lipinski definition) is 1. The molecule has 0 bridgehead atoms. The quantitative estimate of drug-likeness (QED) is 0.769. The van der Waals surface area contributed by atoms with Crippen molar-refractivity contribution in [2.45, 2.75) is 31.8 Å². The van der Waals surface area contributed by atoms with Crippen molar-refractivity contribution < 1.29 is 9.84 Å². The van der Waals surface area contributed by atoms with Crippen LogP contribution in [0.1, 0.15) is 29.0 Å². The van der Waals surface area contributed by atoms with Crippen LogP contribution in [-0.2, 0) is 6.42 Å². The summed E-state index contributed by atoms with van der Waals surface area (Å²) in [4.78, 5) is 0. The predicted octanol–water partition coefficient (Wildman–Crippen LogP) is 2.33. The van der Waals surface area contributed by atoms with Gasteiger partial charge in [-0.05, 0) is 18.9 Å². The Morgan fingerprint density at radius 3 is 3.12 bits per heavy atom. The lowest BCUT2D eigenvalue weighted by Gasteiger charge is -2.10. The zero-order valence-electron chi connectivity index (χ0n) is 9.44. The molecule has 1 aliphatic heterocycles. The molecule has 1 aromatic rings. The maximum absolute atomic E-state index is 9.08. The van der Waals surface area contributed by atoms with E-state index in [2.05, 4.69) is 31.2 Å². The molecule has 1 N–H and O–H groups in total. The Balaban J connectivity index is 2.09. The van der Waals surface area contributed by atoms with Crippen LogP contribution in [0.3, 0.4) is 0 Å². The summed E-state index contributed by atoms with van der Waals surface area (Å²) in [5, 5.41) is 9.08. The summed E-state index contributed by atoms with van der Waals surface area (Å²) >= 11 is 0. The van der Waals surface area contributed by atoms with E-state index in [-0.39, 0.29) is 6.61 Å². The third-order valence-corrected chi connectivity index (χ3v) is 3.46. The molecule has 2 aliphatic rings. The van der Waals surface area contributed by atoms with Gasteiger partial charge < -0.3 is 9.84 Å². The molecule has 1 aromatic carbocycles. The maximum Gasteiger partial charge on any atom is 0.127 e. The summed E-state index contributed by atoms with van der Waals surface area (Å²) in [6.45, 7) is 2.29. The van der Waals surface area contributed by atoms with Crippen molar-refractivity contribution in [2.75, 3.05) is 6.61 Å². The lowest BCUT2D eigenvalue weighted by molar-refractivity contribution is 0.228. The van der Waals surface area contributed by atoms with E-state index in [0.717, 1.165) is 17.7 Å². The van der Waals surface area contributed by atoms with Crippen LogP contribution < -0.4 is 4.74 Å². The largest absolute Gasteiger partial charge is 0.489 e.